The molecule has 25 heavy (non-hydrogen) atoms. The Bertz CT molecular complexity index is 700. The molecule has 0 amide bonds. The number of carbonyl (C=O) groups is 1. The lowest BCUT2D eigenvalue weighted by atomic mass is 9.72. The Morgan fingerprint density at radius 2 is 1.88 bits per heavy atom. The van der Waals surface area contributed by atoms with Crippen LogP contribution in [-0.2, 0) is 10.3 Å². The van der Waals surface area contributed by atoms with E-state index in [0.717, 1.165) is 29.8 Å². The van der Waals surface area contributed by atoms with Crippen molar-refractivity contribution < 1.29 is 9.53 Å². The van der Waals surface area contributed by atoms with Gasteiger partial charge in [-0.05, 0) is 37.8 Å². The van der Waals surface area contributed by atoms with Gasteiger partial charge in [0.05, 0.1) is 17.7 Å². The predicted octanol–water partition coefficient (Wildman–Crippen LogP) is 4.82. The van der Waals surface area contributed by atoms with Gasteiger partial charge in [0.2, 0.25) is 5.95 Å². The number of hydrogen-bond donors (Lipinski definition) is 1. The largest absolute Gasteiger partial charge is 0.462 e. The Morgan fingerprint density at radius 3 is 2.40 bits per heavy atom. The number of rotatable bonds is 5. The molecule has 1 fully saturated rings. The number of nitrogens with zero attached hydrogens (tertiary/aromatic N) is 2. The molecule has 0 radical (unpaired) electrons. The van der Waals surface area contributed by atoms with Crippen LogP contribution in [0.3, 0.4) is 0 Å². The second-order valence-electron chi connectivity index (χ2n) is 5.56. The molecule has 1 aliphatic carbocycles. The number of aromatic nitrogens is 2. The second kappa shape index (κ2) is 8.81. The van der Waals surface area contributed by atoms with Gasteiger partial charge in [0.15, 0.2) is 0 Å². The van der Waals surface area contributed by atoms with Crippen LogP contribution in [0.2, 0.25) is 5.02 Å². The zero-order valence-corrected chi connectivity index (χ0v) is 15.6. The van der Waals surface area contributed by atoms with Gasteiger partial charge in [-0.25, -0.2) is 14.8 Å². The van der Waals surface area contributed by atoms with Crippen LogP contribution in [0.25, 0.3) is 0 Å². The monoisotopic (exact) mass is 361 g/mol. The lowest BCUT2D eigenvalue weighted by molar-refractivity contribution is 0.0525. The van der Waals surface area contributed by atoms with Crippen LogP contribution in [0, 0.1) is 0 Å². The summed E-state index contributed by atoms with van der Waals surface area (Å²) in [6, 6.07) is 7.82. The fourth-order valence-electron chi connectivity index (χ4n) is 2.77. The van der Waals surface area contributed by atoms with Gasteiger partial charge in [0.25, 0.3) is 0 Å². The Kier molecular flexibility index (Phi) is 6.76. The lowest BCUT2D eigenvalue weighted by Crippen LogP contribution is -2.42. The van der Waals surface area contributed by atoms with Crippen molar-refractivity contribution in [1.82, 2.24) is 9.97 Å². The third-order valence-electron chi connectivity index (χ3n) is 4.11. The Hall–Kier alpha value is -2.14. The van der Waals surface area contributed by atoms with Crippen LogP contribution in [0.1, 0.15) is 56.0 Å². The Balaban J connectivity index is 0.00000109. The Labute approximate surface area is 153 Å². The molecule has 1 N–H and O–H groups in total. The van der Waals surface area contributed by atoms with Gasteiger partial charge in [0, 0.05) is 17.4 Å². The van der Waals surface area contributed by atoms with E-state index in [-0.39, 0.29) is 5.54 Å². The summed E-state index contributed by atoms with van der Waals surface area (Å²) in [6.45, 7) is 6.09. The number of carbonyl (C=O) groups excluding carboxylic acids is 1. The first-order valence-corrected chi connectivity index (χ1v) is 9.05. The molecule has 0 bridgehead atoms. The molecule has 5 nitrogen and oxygen atoms in total. The van der Waals surface area contributed by atoms with E-state index in [4.69, 9.17) is 16.3 Å². The average molecular weight is 362 g/mol. The number of halogens is 1. The summed E-state index contributed by atoms with van der Waals surface area (Å²) >= 11 is 6.35. The van der Waals surface area contributed by atoms with Crippen LogP contribution >= 0.6 is 11.6 Å². The standard InChI is InChI=1S/C17H18ClN3O2.C2H6/c1-2-23-15(22)12-10-19-16(20-11-12)21-17(8-5-9-17)13-6-3-4-7-14(13)18;1-2/h3-4,6-7,10-11H,2,5,8-9H2,1H3,(H,19,20,21);1-2H3. The van der Waals surface area contributed by atoms with Crippen LogP contribution in [0.5, 0.6) is 0 Å². The van der Waals surface area contributed by atoms with E-state index in [9.17, 15) is 4.79 Å². The minimum atomic E-state index is -0.413. The van der Waals surface area contributed by atoms with Gasteiger partial charge in [-0.3, -0.25) is 0 Å². The number of ether oxygens (including phenoxy) is 1. The Morgan fingerprint density at radius 1 is 1.24 bits per heavy atom. The molecule has 0 saturated heterocycles. The van der Waals surface area contributed by atoms with Crippen LogP contribution in [-0.4, -0.2) is 22.5 Å². The maximum Gasteiger partial charge on any atom is 0.341 e. The van der Waals surface area contributed by atoms with E-state index in [1.165, 1.54) is 12.4 Å². The molecular weight excluding hydrogens is 338 g/mol. The van der Waals surface area contributed by atoms with Gasteiger partial charge >= 0.3 is 5.97 Å². The number of nitrogens with one attached hydrogen (secondary N) is 1. The minimum Gasteiger partial charge on any atom is -0.462 e. The summed E-state index contributed by atoms with van der Waals surface area (Å²) in [5.41, 5.74) is 1.17. The van der Waals surface area contributed by atoms with Crippen molar-refractivity contribution in [2.24, 2.45) is 0 Å². The number of hydrogen-bond acceptors (Lipinski definition) is 5. The molecule has 0 spiro atoms. The molecule has 2 aromatic rings. The molecule has 6 heteroatoms. The molecule has 0 atom stereocenters. The minimum absolute atomic E-state index is 0.232. The smallest absolute Gasteiger partial charge is 0.341 e. The van der Waals surface area contributed by atoms with Crippen LogP contribution in [0.4, 0.5) is 5.95 Å². The van der Waals surface area contributed by atoms with Gasteiger partial charge in [-0.1, -0.05) is 43.6 Å². The maximum absolute atomic E-state index is 11.6. The van der Waals surface area contributed by atoms with Crippen molar-refractivity contribution in [2.45, 2.75) is 45.6 Å². The molecule has 1 aromatic carbocycles. The van der Waals surface area contributed by atoms with Crippen molar-refractivity contribution in [2.75, 3.05) is 11.9 Å². The lowest BCUT2D eigenvalue weighted by Gasteiger charge is -2.43. The van der Waals surface area contributed by atoms with Gasteiger partial charge in [-0.15, -0.1) is 0 Å². The molecule has 3 rings (SSSR count). The van der Waals surface area contributed by atoms with Crippen molar-refractivity contribution in [3.8, 4) is 0 Å². The van der Waals surface area contributed by atoms with E-state index < -0.39 is 5.97 Å². The molecule has 134 valence electrons. The fraction of sp³-hybridized carbons (Fsp3) is 0.421. The zero-order chi connectivity index (χ0) is 18.3. The summed E-state index contributed by atoms with van der Waals surface area (Å²) in [7, 11) is 0. The first-order valence-electron chi connectivity index (χ1n) is 8.67. The highest BCUT2D eigenvalue weighted by molar-refractivity contribution is 6.31. The quantitative estimate of drug-likeness (QED) is 0.773. The normalized spacial score (nSPS) is 14.6. The number of esters is 1. The number of anilines is 1. The highest BCUT2D eigenvalue weighted by atomic mass is 35.5. The highest BCUT2D eigenvalue weighted by Crippen LogP contribution is 2.45. The SMILES string of the molecule is CC.CCOC(=O)c1cnc(NC2(c3ccccc3Cl)CCC2)nc1. The van der Waals surface area contributed by atoms with Crippen LogP contribution < -0.4 is 5.32 Å². The maximum atomic E-state index is 11.6. The van der Waals surface area contributed by atoms with Crippen molar-refractivity contribution in [1.29, 1.82) is 0 Å². The summed E-state index contributed by atoms with van der Waals surface area (Å²) in [5, 5.41) is 4.13. The molecule has 0 aliphatic heterocycles. The predicted molar refractivity (Wildman–Crippen MR) is 99.9 cm³/mol. The molecule has 0 unspecified atom stereocenters. The summed E-state index contributed by atoms with van der Waals surface area (Å²) in [4.78, 5) is 20.1. The van der Waals surface area contributed by atoms with E-state index in [1.54, 1.807) is 6.92 Å². The molecule has 1 saturated carbocycles. The third kappa shape index (κ3) is 4.28. The van der Waals surface area contributed by atoms with Crippen molar-refractivity contribution in [3.63, 3.8) is 0 Å². The van der Waals surface area contributed by atoms with E-state index in [1.807, 2.05) is 38.1 Å². The van der Waals surface area contributed by atoms with Gasteiger partial charge in [-0.2, -0.15) is 0 Å². The molecule has 1 aliphatic rings. The van der Waals surface area contributed by atoms with Gasteiger partial charge in [0.1, 0.15) is 0 Å². The summed E-state index contributed by atoms with van der Waals surface area (Å²) in [5.74, 6) is 0.0705. The van der Waals surface area contributed by atoms with E-state index in [2.05, 4.69) is 15.3 Å². The van der Waals surface area contributed by atoms with Crippen LogP contribution in [0.15, 0.2) is 36.7 Å². The average Bonchev–Trinajstić information content (AvgIpc) is 2.61. The molecular formula is C19H24ClN3O2. The molecule has 1 heterocycles. The third-order valence-corrected chi connectivity index (χ3v) is 4.44. The zero-order valence-electron chi connectivity index (χ0n) is 14.9. The first-order chi connectivity index (χ1) is 12.1. The van der Waals surface area contributed by atoms with E-state index >= 15 is 0 Å². The highest BCUT2D eigenvalue weighted by Gasteiger charge is 2.40. The first kappa shape index (κ1) is 19.2. The number of benzene rings is 1. The topological polar surface area (TPSA) is 64.1 Å². The summed E-state index contributed by atoms with van der Waals surface area (Å²) in [6.07, 6.45) is 6.02. The summed E-state index contributed by atoms with van der Waals surface area (Å²) < 4.78 is 4.93. The molecule has 1 aromatic heterocycles. The second-order valence-corrected chi connectivity index (χ2v) is 5.96. The van der Waals surface area contributed by atoms with Crippen molar-refractivity contribution >= 4 is 23.5 Å². The van der Waals surface area contributed by atoms with E-state index in [0.29, 0.717) is 18.1 Å². The van der Waals surface area contributed by atoms with Crippen molar-refractivity contribution in [3.05, 3.63) is 52.8 Å². The fourth-order valence-corrected chi connectivity index (χ4v) is 3.08. The van der Waals surface area contributed by atoms with Gasteiger partial charge < -0.3 is 10.1 Å².